The standard InChI is InChI=1S/C7H14N2O6S2/c1-3-5-14-16(10,11)7(9-8)17(12,13)15-6-4-2/h3-6H2,1-2H3. The van der Waals surface area contributed by atoms with Gasteiger partial charge in [-0.3, -0.25) is 8.37 Å². The molecule has 10 heteroatoms. The quantitative estimate of drug-likeness (QED) is 0.224. The first kappa shape index (κ1) is 16.2. The van der Waals surface area contributed by atoms with Gasteiger partial charge in [0.05, 0.1) is 13.2 Å². The molecule has 100 valence electrons. The minimum Gasteiger partial charge on any atom is -0.359 e. The van der Waals surface area contributed by atoms with Crippen LogP contribution < -0.4 is 0 Å². The Bertz CT molecular complexity index is 448. The van der Waals surface area contributed by atoms with E-state index >= 15 is 0 Å². The predicted molar refractivity (Wildman–Crippen MR) is 59.0 cm³/mol. The normalized spacial score (nSPS) is 12.1. The van der Waals surface area contributed by atoms with E-state index in [9.17, 15) is 16.8 Å². The van der Waals surface area contributed by atoms with Crippen molar-refractivity contribution in [2.75, 3.05) is 13.2 Å². The molecule has 0 radical (unpaired) electrons. The molecule has 8 nitrogen and oxygen atoms in total. The fraction of sp³-hybridized carbons (Fsp3) is 0.857. The van der Waals surface area contributed by atoms with Crippen LogP contribution in [0.1, 0.15) is 26.7 Å². The Balaban J connectivity index is 5.18. The maximum absolute atomic E-state index is 11.4. The van der Waals surface area contributed by atoms with Crippen molar-refractivity contribution in [2.45, 2.75) is 26.7 Å². The van der Waals surface area contributed by atoms with Gasteiger partial charge in [-0.05, 0) is 12.8 Å². The van der Waals surface area contributed by atoms with Crippen LogP contribution >= 0.6 is 0 Å². The SMILES string of the molecule is CCCOS(=O)(=O)C(=[N+]=[N-])S(=O)(=O)OCCC. The predicted octanol–water partition coefficient (Wildman–Crippen LogP) is 0.0850. The van der Waals surface area contributed by atoms with Gasteiger partial charge in [0, 0.05) is 0 Å². The van der Waals surface area contributed by atoms with Crippen molar-refractivity contribution < 1.29 is 30.0 Å². The van der Waals surface area contributed by atoms with Gasteiger partial charge in [0.2, 0.25) is 0 Å². The molecular weight excluding hydrogens is 272 g/mol. The molecule has 0 heterocycles. The molecule has 0 amide bonds. The second-order valence-corrected chi connectivity index (χ2v) is 6.24. The molecule has 0 aromatic rings. The van der Waals surface area contributed by atoms with E-state index < -0.39 is 24.6 Å². The molecule has 0 spiro atoms. The Morgan fingerprint density at radius 1 is 1.00 bits per heavy atom. The molecule has 0 bridgehead atoms. The number of nitrogens with zero attached hydrogens (tertiary/aromatic N) is 2. The molecule has 0 rings (SSSR count). The zero-order chi connectivity index (χ0) is 13.5. The fourth-order valence-electron chi connectivity index (χ4n) is 0.712. The second kappa shape index (κ2) is 6.82. The lowest BCUT2D eigenvalue weighted by molar-refractivity contribution is 0.00183. The van der Waals surface area contributed by atoms with Crippen molar-refractivity contribution in [1.82, 2.24) is 0 Å². The van der Waals surface area contributed by atoms with Crippen LogP contribution in [0, 0.1) is 0 Å². The first-order chi connectivity index (χ1) is 7.81. The summed E-state index contributed by atoms with van der Waals surface area (Å²) in [7, 11) is -9.27. The van der Waals surface area contributed by atoms with Gasteiger partial charge in [0.1, 0.15) is 0 Å². The summed E-state index contributed by atoms with van der Waals surface area (Å²) >= 11 is 0. The maximum Gasteiger partial charge on any atom is 0.546 e. The number of rotatable bonds is 6. The Labute approximate surface area is 100 Å². The van der Waals surface area contributed by atoms with E-state index in [1.807, 2.05) is 0 Å². The third-order valence-electron chi connectivity index (χ3n) is 1.39. The number of hydrogen-bond donors (Lipinski definition) is 0. The van der Waals surface area contributed by atoms with E-state index in [2.05, 4.69) is 13.2 Å². The molecule has 0 aliphatic carbocycles. The zero-order valence-corrected chi connectivity index (χ0v) is 11.1. The van der Waals surface area contributed by atoms with Crippen LogP contribution in [0.2, 0.25) is 0 Å². The molecule has 0 aromatic carbocycles. The summed E-state index contributed by atoms with van der Waals surface area (Å²) in [6.45, 7) is 2.83. The molecule has 17 heavy (non-hydrogen) atoms. The molecule has 0 saturated carbocycles. The first-order valence-corrected chi connectivity index (χ1v) is 7.64. The summed E-state index contributed by atoms with van der Waals surface area (Å²) in [5.74, 6) is 0. The summed E-state index contributed by atoms with van der Waals surface area (Å²) in [5.41, 5.74) is 8.47. The minimum absolute atomic E-state index is 0.218. The summed E-state index contributed by atoms with van der Waals surface area (Å²) in [6.07, 6.45) is 0.710. The van der Waals surface area contributed by atoms with Crippen LogP contribution in [0.5, 0.6) is 0 Å². The van der Waals surface area contributed by atoms with Gasteiger partial charge in [-0.2, -0.15) is 16.8 Å². The average Bonchev–Trinajstić information content (AvgIpc) is 2.24. The summed E-state index contributed by atoms with van der Waals surface area (Å²) in [4.78, 5) is 2.23. The van der Waals surface area contributed by atoms with E-state index in [1.54, 1.807) is 13.8 Å². The lowest BCUT2D eigenvalue weighted by Gasteiger charge is -2.01. The second-order valence-electron chi connectivity index (χ2n) is 2.92. The molecule has 0 fully saturated rings. The monoisotopic (exact) mass is 286 g/mol. The van der Waals surface area contributed by atoms with Crippen LogP contribution in [-0.4, -0.2) is 39.2 Å². The smallest absolute Gasteiger partial charge is 0.359 e. The molecular formula is C7H14N2O6S2. The first-order valence-electron chi connectivity index (χ1n) is 4.82. The third kappa shape index (κ3) is 4.92. The Morgan fingerprint density at radius 3 is 1.59 bits per heavy atom. The zero-order valence-electron chi connectivity index (χ0n) is 9.49. The van der Waals surface area contributed by atoms with Crippen molar-refractivity contribution in [2.24, 2.45) is 0 Å². The fourth-order valence-corrected chi connectivity index (χ4v) is 3.17. The molecule has 0 unspecified atom stereocenters. The summed E-state index contributed by atoms with van der Waals surface area (Å²) in [6, 6.07) is 0. The van der Waals surface area contributed by atoms with Crippen LogP contribution in [0.15, 0.2) is 0 Å². The van der Waals surface area contributed by atoms with Gasteiger partial charge in [0.15, 0.2) is 0 Å². The van der Waals surface area contributed by atoms with E-state index in [1.165, 1.54) is 0 Å². The van der Waals surface area contributed by atoms with Crippen LogP contribution in [0.25, 0.3) is 5.53 Å². The highest BCUT2D eigenvalue weighted by atomic mass is 32.3. The average molecular weight is 286 g/mol. The largest absolute Gasteiger partial charge is 0.546 e. The molecule has 0 N–H and O–H groups in total. The van der Waals surface area contributed by atoms with Crippen LogP contribution in [0.3, 0.4) is 0 Å². The summed E-state index contributed by atoms with van der Waals surface area (Å²) < 4.78 is 52.5. The molecule has 0 saturated heterocycles. The third-order valence-corrected chi connectivity index (χ3v) is 4.59. The van der Waals surface area contributed by atoms with Crippen molar-refractivity contribution in [1.29, 1.82) is 0 Å². The van der Waals surface area contributed by atoms with E-state index in [-0.39, 0.29) is 13.2 Å². The lowest BCUT2D eigenvalue weighted by atomic mass is 10.5. The molecule has 0 atom stereocenters. The number of hydrogen-bond acceptors (Lipinski definition) is 6. The summed E-state index contributed by atoms with van der Waals surface area (Å²) in [5, 5.41) is 0. The molecule has 0 aliphatic heterocycles. The van der Waals surface area contributed by atoms with Crippen LogP contribution in [0.4, 0.5) is 0 Å². The van der Waals surface area contributed by atoms with E-state index in [0.29, 0.717) is 12.8 Å². The van der Waals surface area contributed by atoms with Crippen molar-refractivity contribution in [3.63, 3.8) is 0 Å². The maximum atomic E-state index is 11.4. The Kier molecular flexibility index (Phi) is 6.50. The Morgan fingerprint density at radius 2 is 1.35 bits per heavy atom. The van der Waals surface area contributed by atoms with E-state index in [0.717, 1.165) is 0 Å². The molecule has 0 aliphatic rings. The lowest BCUT2D eigenvalue weighted by Crippen LogP contribution is -2.29. The molecule has 0 aromatic heterocycles. The van der Waals surface area contributed by atoms with E-state index in [4.69, 9.17) is 5.53 Å². The highest BCUT2D eigenvalue weighted by Gasteiger charge is 2.44. The van der Waals surface area contributed by atoms with Gasteiger partial charge in [-0.15, -0.1) is 4.79 Å². The highest BCUT2D eigenvalue weighted by molar-refractivity contribution is 8.27. The van der Waals surface area contributed by atoms with Gasteiger partial charge in [-0.25, -0.2) is 0 Å². The van der Waals surface area contributed by atoms with Crippen molar-refractivity contribution in [3.8, 4) is 0 Å². The van der Waals surface area contributed by atoms with Gasteiger partial charge in [-0.1, -0.05) is 13.8 Å². The van der Waals surface area contributed by atoms with Crippen molar-refractivity contribution >= 4 is 24.6 Å². The van der Waals surface area contributed by atoms with Gasteiger partial charge in [0.25, 0.3) is 0 Å². The topological polar surface area (TPSA) is 123 Å². The minimum atomic E-state index is -4.64. The Hall–Kier alpha value is -0.800. The van der Waals surface area contributed by atoms with Crippen LogP contribution in [-0.2, 0) is 28.6 Å². The van der Waals surface area contributed by atoms with Crippen molar-refractivity contribution in [3.05, 3.63) is 5.53 Å². The highest BCUT2D eigenvalue weighted by Crippen LogP contribution is 2.06. The van der Waals surface area contributed by atoms with Gasteiger partial charge >= 0.3 is 24.6 Å². The van der Waals surface area contributed by atoms with Gasteiger partial charge < -0.3 is 5.53 Å².